The molecule has 10 heteroatoms. The number of rotatable bonds is 9. The quantitative estimate of drug-likeness (QED) is 0.354. The molecule has 1 aliphatic heterocycles. The highest BCUT2D eigenvalue weighted by Crippen LogP contribution is 2.38. The third-order valence-electron chi connectivity index (χ3n) is 7.93. The lowest BCUT2D eigenvalue weighted by Crippen LogP contribution is -2.52. The van der Waals surface area contributed by atoms with Crippen molar-refractivity contribution >= 4 is 0 Å². The zero-order valence-corrected chi connectivity index (χ0v) is 22.3. The van der Waals surface area contributed by atoms with Gasteiger partial charge in [0.15, 0.2) is 0 Å². The van der Waals surface area contributed by atoms with Gasteiger partial charge in [-0.1, -0.05) is 37.5 Å². The third kappa shape index (κ3) is 8.11. The zero-order chi connectivity index (χ0) is 28.0. The smallest absolute Gasteiger partial charge is 0.416 e. The number of benzene rings is 2. The molecule has 1 N–H and O–H groups in total. The molecule has 1 unspecified atom stereocenters. The number of ether oxygens (including phenoxy) is 1. The molecule has 4 rings (SSSR count). The minimum Gasteiger partial charge on any atom is -0.496 e. The lowest BCUT2D eigenvalue weighted by atomic mass is 9.93. The molecular weight excluding hydrogens is 520 g/mol. The Hall–Kier alpha value is -2.30. The molecule has 2 aromatic rings. The number of nitrogens with one attached hydrogen (secondary N) is 1. The summed E-state index contributed by atoms with van der Waals surface area (Å²) in [4.78, 5) is 4.64. The Morgan fingerprint density at radius 3 is 2.08 bits per heavy atom. The molecule has 1 aliphatic carbocycles. The van der Waals surface area contributed by atoms with Crippen LogP contribution in [0.15, 0.2) is 42.5 Å². The van der Waals surface area contributed by atoms with Crippen molar-refractivity contribution in [2.45, 2.75) is 63.0 Å². The second-order valence-corrected chi connectivity index (χ2v) is 10.5. The molecule has 1 atom stereocenters. The summed E-state index contributed by atoms with van der Waals surface area (Å²) in [5.74, 6) is 0.688. The molecule has 1 saturated heterocycles. The molecule has 0 aromatic heterocycles. The first-order valence-corrected chi connectivity index (χ1v) is 13.7. The van der Waals surface area contributed by atoms with Crippen molar-refractivity contribution in [2.24, 2.45) is 0 Å². The number of hydrogen-bond donors (Lipinski definition) is 1. The van der Waals surface area contributed by atoms with Crippen molar-refractivity contribution in [2.75, 3.05) is 46.4 Å². The molecule has 1 saturated carbocycles. The van der Waals surface area contributed by atoms with E-state index in [-0.39, 0.29) is 11.6 Å². The van der Waals surface area contributed by atoms with Crippen LogP contribution in [0.2, 0.25) is 0 Å². The highest BCUT2D eigenvalue weighted by atomic mass is 19.4. The van der Waals surface area contributed by atoms with Gasteiger partial charge in [-0.05, 0) is 61.2 Å². The average Bonchev–Trinajstić information content (AvgIpc) is 2.92. The van der Waals surface area contributed by atoms with E-state index in [0.29, 0.717) is 31.3 Å². The maximum atomic E-state index is 13.6. The van der Waals surface area contributed by atoms with Gasteiger partial charge in [0, 0.05) is 44.8 Å². The summed E-state index contributed by atoms with van der Waals surface area (Å²) in [6.07, 6.45) is -3.13. The fourth-order valence-electron chi connectivity index (χ4n) is 5.77. The van der Waals surface area contributed by atoms with Gasteiger partial charge in [-0.25, -0.2) is 0 Å². The first-order chi connectivity index (χ1) is 18.5. The van der Waals surface area contributed by atoms with Crippen molar-refractivity contribution in [3.8, 4) is 5.75 Å². The Morgan fingerprint density at radius 1 is 0.872 bits per heavy atom. The van der Waals surface area contributed by atoms with Crippen LogP contribution >= 0.6 is 0 Å². The molecule has 2 aliphatic rings. The van der Waals surface area contributed by atoms with Gasteiger partial charge >= 0.3 is 12.4 Å². The second-order valence-electron chi connectivity index (χ2n) is 10.5. The van der Waals surface area contributed by atoms with Crippen LogP contribution in [0, 0.1) is 0 Å². The molecule has 1 heterocycles. The Balaban J connectivity index is 1.53. The summed E-state index contributed by atoms with van der Waals surface area (Å²) in [7, 11) is 1.56. The maximum absolute atomic E-state index is 13.6. The minimum atomic E-state index is -4.89. The van der Waals surface area contributed by atoms with Crippen LogP contribution in [-0.2, 0) is 18.8 Å². The predicted octanol–water partition coefficient (Wildman–Crippen LogP) is 6.56. The van der Waals surface area contributed by atoms with Crippen LogP contribution < -0.4 is 10.1 Å². The van der Waals surface area contributed by atoms with Gasteiger partial charge in [0.2, 0.25) is 0 Å². The van der Waals surface area contributed by atoms with Crippen molar-refractivity contribution < 1.29 is 31.1 Å². The van der Waals surface area contributed by atoms with Crippen LogP contribution in [-0.4, -0.2) is 62.2 Å². The first kappa shape index (κ1) is 29.7. The van der Waals surface area contributed by atoms with Crippen molar-refractivity contribution in [3.63, 3.8) is 0 Å². The van der Waals surface area contributed by atoms with E-state index >= 15 is 0 Å². The standard InChI is InChI=1S/C29H37F6N3O/c1-39-27-10-6-5-7-21(27)11-12-36-26(20-37-13-15-38(16-14-37)25-8-3-2-4-9-25)22-17-23(28(30,31)32)19-24(18-22)29(33,34)35/h5-7,10,17-19,25-26,36H,2-4,8-9,11-16,20H2,1H3. The highest BCUT2D eigenvalue weighted by Gasteiger charge is 2.38. The van der Waals surface area contributed by atoms with E-state index in [1.807, 2.05) is 24.3 Å². The Morgan fingerprint density at radius 2 is 1.49 bits per heavy atom. The van der Waals surface area contributed by atoms with Gasteiger partial charge in [0.05, 0.1) is 18.2 Å². The monoisotopic (exact) mass is 557 g/mol. The number of alkyl halides is 6. The van der Waals surface area contributed by atoms with Gasteiger partial charge in [-0.2, -0.15) is 26.3 Å². The van der Waals surface area contributed by atoms with E-state index in [1.54, 1.807) is 7.11 Å². The normalized spacial score (nSPS) is 19.3. The largest absolute Gasteiger partial charge is 0.496 e. The summed E-state index contributed by atoms with van der Waals surface area (Å²) in [5.41, 5.74) is -1.67. The van der Waals surface area contributed by atoms with Crippen LogP contribution in [0.3, 0.4) is 0 Å². The molecule has 4 nitrogen and oxygen atoms in total. The van der Waals surface area contributed by atoms with Crippen molar-refractivity contribution in [1.29, 1.82) is 0 Å². The number of nitrogens with zero attached hydrogens (tertiary/aromatic N) is 2. The second kappa shape index (κ2) is 12.9. The molecule has 0 bridgehead atoms. The molecule has 2 aromatic carbocycles. The van der Waals surface area contributed by atoms with Gasteiger partial charge in [-0.3, -0.25) is 9.80 Å². The van der Waals surface area contributed by atoms with Crippen LogP contribution in [0.1, 0.15) is 60.4 Å². The van der Waals surface area contributed by atoms with Gasteiger partial charge in [0.25, 0.3) is 0 Å². The van der Waals surface area contributed by atoms with Crippen LogP contribution in [0.25, 0.3) is 0 Å². The molecule has 39 heavy (non-hydrogen) atoms. The SMILES string of the molecule is COc1ccccc1CCNC(CN1CCN(C2CCCCC2)CC1)c1cc(C(F)(F)F)cc(C(F)(F)F)c1. The topological polar surface area (TPSA) is 27.7 Å². The Labute approximate surface area is 226 Å². The van der Waals surface area contributed by atoms with E-state index in [4.69, 9.17) is 4.74 Å². The average molecular weight is 558 g/mol. The molecule has 0 radical (unpaired) electrons. The number of halogens is 6. The zero-order valence-electron chi connectivity index (χ0n) is 22.3. The van der Waals surface area contributed by atoms with Crippen LogP contribution in [0.5, 0.6) is 5.75 Å². The van der Waals surface area contributed by atoms with Crippen molar-refractivity contribution in [1.82, 2.24) is 15.1 Å². The fourth-order valence-corrected chi connectivity index (χ4v) is 5.77. The molecule has 216 valence electrons. The summed E-state index contributed by atoms with van der Waals surface area (Å²) < 4.78 is 87.1. The van der Waals surface area contributed by atoms with E-state index in [2.05, 4.69) is 15.1 Å². The number of hydrogen-bond acceptors (Lipinski definition) is 4. The third-order valence-corrected chi connectivity index (χ3v) is 7.93. The number of para-hydroxylation sites is 1. The fraction of sp³-hybridized carbons (Fsp3) is 0.586. The molecular formula is C29H37F6N3O. The lowest BCUT2D eigenvalue weighted by molar-refractivity contribution is -0.143. The summed E-state index contributed by atoms with van der Waals surface area (Å²) in [6, 6.07) is 9.20. The molecule has 2 fully saturated rings. The summed E-state index contributed by atoms with van der Waals surface area (Å²) >= 11 is 0. The maximum Gasteiger partial charge on any atom is 0.416 e. The lowest BCUT2D eigenvalue weighted by Gasteiger charge is -2.41. The Bertz CT molecular complexity index is 1030. The molecule has 0 amide bonds. The van der Waals surface area contributed by atoms with Gasteiger partial charge in [-0.15, -0.1) is 0 Å². The van der Waals surface area contributed by atoms with Crippen LogP contribution in [0.4, 0.5) is 26.3 Å². The van der Waals surface area contributed by atoms with E-state index in [9.17, 15) is 26.3 Å². The predicted molar refractivity (Wildman–Crippen MR) is 139 cm³/mol. The summed E-state index contributed by atoms with van der Waals surface area (Å²) in [6.45, 7) is 3.86. The van der Waals surface area contributed by atoms with Gasteiger partial charge in [0.1, 0.15) is 5.75 Å². The van der Waals surface area contributed by atoms with E-state index in [1.165, 1.54) is 32.1 Å². The van der Waals surface area contributed by atoms with Crippen molar-refractivity contribution in [3.05, 3.63) is 64.7 Å². The minimum absolute atomic E-state index is 0.00751. The van der Waals surface area contributed by atoms with Gasteiger partial charge < -0.3 is 10.1 Å². The summed E-state index contributed by atoms with van der Waals surface area (Å²) in [5, 5.41) is 3.27. The molecule has 0 spiro atoms. The number of methoxy groups -OCH3 is 1. The highest BCUT2D eigenvalue weighted by molar-refractivity contribution is 5.36. The number of piperazine rings is 1. The van der Waals surface area contributed by atoms with E-state index in [0.717, 1.165) is 43.9 Å². The first-order valence-electron chi connectivity index (χ1n) is 13.7. The Kier molecular flexibility index (Phi) is 9.82. The van der Waals surface area contributed by atoms with E-state index < -0.39 is 29.5 Å².